The third-order valence-electron chi connectivity index (χ3n) is 4.36. The predicted molar refractivity (Wildman–Crippen MR) is 112 cm³/mol. The standard InChI is InChI=1S/C23H25N3O3/c1-4-28-20-12-11-18(13-21(20)29-5-2)16(3)26-23(27)19-14-24-22(25-15-19)17-9-7-6-8-10-17/h6-16H,4-5H2,1-3H3,(H,26,27). The first-order valence-electron chi connectivity index (χ1n) is 9.70. The minimum absolute atomic E-state index is 0.216. The number of aromatic nitrogens is 2. The molecular formula is C23H25N3O3. The van der Waals surface area contributed by atoms with Crippen LogP contribution in [0.3, 0.4) is 0 Å². The number of rotatable bonds is 8. The number of amides is 1. The van der Waals surface area contributed by atoms with E-state index in [1.807, 2.05) is 69.3 Å². The van der Waals surface area contributed by atoms with E-state index in [1.54, 1.807) is 12.4 Å². The third kappa shape index (κ3) is 5.10. The van der Waals surface area contributed by atoms with Crippen molar-refractivity contribution in [2.24, 2.45) is 0 Å². The SMILES string of the molecule is CCOc1ccc(C(C)NC(=O)c2cnc(-c3ccccc3)nc2)cc1OCC. The summed E-state index contributed by atoms with van der Waals surface area (Å²) >= 11 is 0. The van der Waals surface area contributed by atoms with Gasteiger partial charge in [0.2, 0.25) is 0 Å². The van der Waals surface area contributed by atoms with Crippen LogP contribution in [0.15, 0.2) is 60.9 Å². The first-order chi connectivity index (χ1) is 14.1. The molecule has 0 aliphatic heterocycles. The van der Waals surface area contributed by atoms with Crippen molar-refractivity contribution in [1.29, 1.82) is 0 Å². The van der Waals surface area contributed by atoms with Crippen LogP contribution >= 0.6 is 0 Å². The quantitative estimate of drug-likeness (QED) is 0.615. The predicted octanol–water partition coefficient (Wildman–Crippen LogP) is 4.43. The van der Waals surface area contributed by atoms with E-state index in [0.717, 1.165) is 11.1 Å². The first kappa shape index (κ1) is 20.3. The van der Waals surface area contributed by atoms with Crippen molar-refractivity contribution in [3.8, 4) is 22.9 Å². The van der Waals surface area contributed by atoms with Crippen LogP contribution in [-0.2, 0) is 0 Å². The minimum atomic E-state index is -0.232. The Bertz CT molecular complexity index is 943. The minimum Gasteiger partial charge on any atom is -0.490 e. The fraction of sp³-hybridized carbons (Fsp3) is 0.261. The van der Waals surface area contributed by atoms with Crippen LogP contribution in [0.1, 0.15) is 42.7 Å². The summed E-state index contributed by atoms with van der Waals surface area (Å²) in [5, 5.41) is 2.98. The van der Waals surface area contributed by atoms with Crippen molar-refractivity contribution < 1.29 is 14.3 Å². The van der Waals surface area contributed by atoms with Gasteiger partial charge in [-0.1, -0.05) is 36.4 Å². The van der Waals surface area contributed by atoms with Gasteiger partial charge >= 0.3 is 0 Å². The van der Waals surface area contributed by atoms with Crippen LogP contribution in [0, 0.1) is 0 Å². The Hall–Kier alpha value is -3.41. The van der Waals surface area contributed by atoms with Crippen molar-refractivity contribution in [3.05, 3.63) is 72.1 Å². The maximum atomic E-state index is 12.6. The van der Waals surface area contributed by atoms with Gasteiger partial charge in [0, 0.05) is 18.0 Å². The summed E-state index contributed by atoms with van der Waals surface area (Å²) in [6.45, 7) is 6.87. The molecule has 1 atom stereocenters. The van der Waals surface area contributed by atoms with Gasteiger partial charge in [-0.2, -0.15) is 0 Å². The van der Waals surface area contributed by atoms with Crippen LogP contribution in [0.2, 0.25) is 0 Å². The van der Waals surface area contributed by atoms with Crippen molar-refractivity contribution in [1.82, 2.24) is 15.3 Å². The molecule has 6 nitrogen and oxygen atoms in total. The molecule has 1 unspecified atom stereocenters. The highest BCUT2D eigenvalue weighted by atomic mass is 16.5. The summed E-state index contributed by atoms with van der Waals surface area (Å²) in [6, 6.07) is 15.1. The largest absolute Gasteiger partial charge is 0.490 e. The molecule has 150 valence electrons. The molecule has 1 aromatic heterocycles. The van der Waals surface area contributed by atoms with E-state index >= 15 is 0 Å². The van der Waals surface area contributed by atoms with Crippen LogP contribution in [0.25, 0.3) is 11.4 Å². The number of ether oxygens (including phenoxy) is 2. The summed E-state index contributed by atoms with van der Waals surface area (Å²) in [5.74, 6) is 1.72. The van der Waals surface area contributed by atoms with E-state index in [4.69, 9.17) is 9.47 Å². The van der Waals surface area contributed by atoms with E-state index in [-0.39, 0.29) is 11.9 Å². The lowest BCUT2D eigenvalue weighted by molar-refractivity contribution is 0.0939. The maximum Gasteiger partial charge on any atom is 0.254 e. The molecule has 0 radical (unpaired) electrons. The van der Waals surface area contributed by atoms with Gasteiger partial charge in [0.1, 0.15) is 0 Å². The molecule has 0 saturated carbocycles. The zero-order chi connectivity index (χ0) is 20.6. The van der Waals surface area contributed by atoms with Gasteiger partial charge in [-0.3, -0.25) is 4.79 Å². The second kappa shape index (κ2) is 9.68. The van der Waals surface area contributed by atoms with E-state index in [1.165, 1.54) is 0 Å². The number of hydrogen-bond acceptors (Lipinski definition) is 5. The third-order valence-corrected chi connectivity index (χ3v) is 4.36. The molecule has 29 heavy (non-hydrogen) atoms. The molecule has 1 N–H and O–H groups in total. The molecule has 1 heterocycles. The van der Waals surface area contributed by atoms with Crippen LogP contribution in [0.5, 0.6) is 11.5 Å². The second-order valence-corrected chi connectivity index (χ2v) is 6.43. The smallest absolute Gasteiger partial charge is 0.254 e. The Labute approximate surface area is 170 Å². The molecule has 0 spiro atoms. The maximum absolute atomic E-state index is 12.6. The summed E-state index contributed by atoms with van der Waals surface area (Å²) in [4.78, 5) is 21.2. The fourth-order valence-corrected chi connectivity index (χ4v) is 2.88. The summed E-state index contributed by atoms with van der Waals surface area (Å²) in [6.07, 6.45) is 3.09. The molecule has 6 heteroatoms. The van der Waals surface area contributed by atoms with Gasteiger partial charge in [0.15, 0.2) is 17.3 Å². The Kier molecular flexibility index (Phi) is 6.79. The molecule has 0 saturated heterocycles. The first-order valence-corrected chi connectivity index (χ1v) is 9.70. The van der Waals surface area contributed by atoms with Crippen molar-refractivity contribution in [3.63, 3.8) is 0 Å². The van der Waals surface area contributed by atoms with Gasteiger partial charge in [-0.05, 0) is 38.5 Å². The molecule has 0 aliphatic rings. The van der Waals surface area contributed by atoms with E-state index < -0.39 is 0 Å². The van der Waals surface area contributed by atoms with Gasteiger partial charge in [-0.25, -0.2) is 9.97 Å². The number of hydrogen-bond donors (Lipinski definition) is 1. The van der Waals surface area contributed by atoms with Gasteiger partial charge < -0.3 is 14.8 Å². The molecule has 3 rings (SSSR count). The van der Waals surface area contributed by atoms with Gasteiger partial charge in [0.05, 0.1) is 24.8 Å². The Balaban J connectivity index is 1.71. The van der Waals surface area contributed by atoms with Gasteiger partial charge in [-0.15, -0.1) is 0 Å². The van der Waals surface area contributed by atoms with E-state index in [2.05, 4.69) is 15.3 Å². The molecule has 0 aliphatic carbocycles. The van der Waals surface area contributed by atoms with Gasteiger partial charge in [0.25, 0.3) is 5.91 Å². The normalized spacial score (nSPS) is 11.6. The fourth-order valence-electron chi connectivity index (χ4n) is 2.88. The lowest BCUT2D eigenvalue weighted by Crippen LogP contribution is -2.27. The highest BCUT2D eigenvalue weighted by molar-refractivity contribution is 5.94. The number of nitrogens with one attached hydrogen (secondary N) is 1. The highest BCUT2D eigenvalue weighted by Crippen LogP contribution is 2.30. The average Bonchev–Trinajstić information content (AvgIpc) is 2.76. The van der Waals surface area contributed by atoms with Crippen LogP contribution < -0.4 is 14.8 Å². The zero-order valence-electron chi connectivity index (χ0n) is 16.9. The van der Waals surface area contributed by atoms with E-state index in [0.29, 0.717) is 36.1 Å². The second-order valence-electron chi connectivity index (χ2n) is 6.43. The average molecular weight is 391 g/mol. The molecule has 0 fully saturated rings. The van der Waals surface area contributed by atoms with Crippen molar-refractivity contribution in [2.45, 2.75) is 26.8 Å². The number of benzene rings is 2. The molecule has 1 amide bonds. The van der Waals surface area contributed by atoms with Crippen LogP contribution in [0.4, 0.5) is 0 Å². The Morgan fingerprint density at radius 3 is 2.28 bits per heavy atom. The molecule has 3 aromatic rings. The highest BCUT2D eigenvalue weighted by Gasteiger charge is 2.15. The monoisotopic (exact) mass is 391 g/mol. The lowest BCUT2D eigenvalue weighted by Gasteiger charge is -2.17. The number of nitrogens with zero attached hydrogens (tertiary/aromatic N) is 2. The van der Waals surface area contributed by atoms with Crippen molar-refractivity contribution in [2.75, 3.05) is 13.2 Å². The van der Waals surface area contributed by atoms with E-state index in [9.17, 15) is 4.79 Å². The Morgan fingerprint density at radius 1 is 0.966 bits per heavy atom. The summed E-state index contributed by atoms with van der Waals surface area (Å²) in [5.41, 5.74) is 2.24. The molecule has 2 aromatic carbocycles. The molecule has 0 bridgehead atoms. The zero-order valence-corrected chi connectivity index (χ0v) is 16.9. The summed E-state index contributed by atoms with van der Waals surface area (Å²) < 4.78 is 11.3. The number of carbonyl (C=O) groups excluding carboxylic acids is 1. The summed E-state index contributed by atoms with van der Waals surface area (Å²) in [7, 11) is 0. The van der Waals surface area contributed by atoms with Crippen LogP contribution in [-0.4, -0.2) is 29.1 Å². The molecular weight excluding hydrogens is 366 g/mol. The van der Waals surface area contributed by atoms with Crippen molar-refractivity contribution >= 4 is 5.91 Å². The Morgan fingerprint density at radius 2 is 1.62 bits per heavy atom. The number of carbonyl (C=O) groups is 1. The topological polar surface area (TPSA) is 73.3 Å². The lowest BCUT2D eigenvalue weighted by atomic mass is 10.1.